The fourth-order valence-electron chi connectivity index (χ4n) is 5.98. The highest BCUT2D eigenvalue weighted by Crippen LogP contribution is 2.37. The molecule has 2 amide bonds. The molecule has 4 nitrogen and oxygen atoms in total. The topological polar surface area (TPSA) is 40.6 Å². The summed E-state index contributed by atoms with van der Waals surface area (Å²) in [5.74, 6) is -1.58. The predicted molar refractivity (Wildman–Crippen MR) is 147 cm³/mol. The Kier molecular flexibility index (Phi) is 8.29. The second-order valence-electron chi connectivity index (χ2n) is 10.8. The van der Waals surface area contributed by atoms with E-state index in [1.807, 2.05) is 17.0 Å². The van der Waals surface area contributed by atoms with E-state index in [9.17, 15) is 22.8 Å². The molecule has 5 rings (SSSR count). The number of halogens is 5. The van der Waals surface area contributed by atoms with Gasteiger partial charge in [0.15, 0.2) is 0 Å². The standard InChI is InChI=1S/C30H31Cl2F3N2O2/c31-26-17-22(18-27(32)25(26)16-21-10-15-37(29(21)39)24-4-2-1-3-5-24)19-6-8-20(9-7-19)28(38)36-13-11-23(12-14-36)30(33,34)35/h1-2,6-9,17-18,21,23-24H,3-5,10-16H2. The fourth-order valence-corrected chi connectivity index (χ4v) is 6.63. The van der Waals surface area contributed by atoms with Gasteiger partial charge in [0.1, 0.15) is 0 Å². The first kappa shape index (κ1) is 28.0. The van der Waals surface area contributed by atoms with E-state index in [1.54, 1.807) is 24.3 Å². The monoisotopic (exact) mass is 578 g/mol. The molecule has 2 aromatic rings. The summed E-state index contributed by atoms with van der Waals surface area (Å²) in [7, 11) is 0. The molecule has 39 heavy (non-hydrogen) atoms. The third-order valence-electron chi connectivity index (χ3n) is 8.33. The summed E-state index contributed by atoms with van der Waals surface area (Å²) in [4.78, 5) is 29.5. The average Bonchev–Trinajstić information content (AvgIpc) is 3.30. The van der Waals surface area contributed by atoms with Gasteiger partial charge in [-0.1, -0.05) is 47.5 Å². The number of allylic oxidation sites excluding steroid dienone is 1. The van der Waals surface area contributed by atoms with Crippen molar-refractivity contribution in [3.63, 3.8) is 0 Å². The van der Waals surface area contributed by atoms with E-state index in [0.717, 1.165) is 48.9 Å². The van der Waals surface area contributed by atoms with Crippen LogP contribution in [-0.2, 0) is 11.2 Å². The maximum Gasteiger partial charge on any atom is 0.391 e. The summed E-state index contributed by atoms with van der Waals surface area (Å²) in [6.07, 6.45) is 4.18. The van der Waals surface area contributed by atoms with Crippen LogP contribution in [-0.4, -0.2) is 53.5 Å². The minimum absolute atomic E-state index is 0.0704. The van der Waals surface area contributed by atoms with Crippen molar-refractivity contribution in [3.8, 4) is 11.1 Å². The van der Waals surface area contributed by atoms with Crippen LogP contribution in [0.2, 0.25) is 10.0 Å². The zero-order valence-electron chi connectivity index (χ0n) is 21.5. The van der Waals surface area contributed by atoms with E-state index in [-0.39, 0.29) is 49.7 Å². The van der Waals surface area contributed by atoms with Gasteiger partial charge in [-0.2, -0.15) is 13.2 Å². The van der Waals surface area contributed by atoms with Crippen LogP contribution >= 0.6 is 23.2 Å². The van der Waals surface area contributed by atoms with Crippen LogP contribution in [0.1, 0.15) is 54.4 Å². The van der Waals surface area contributed by atoms with Crippen molar-refractivity contribution in [2.45, 2.75) is 57.2 Å². The average molecular weight is 579 g/mol. The van der Waals surface area contributed by atoms with Gasteiger partial charge in [0.25, 0.3) is 5.91 Å². The van der Waals surface area contributed by atoms with Crippen LogP contribution in [0.3, 0.4) is 0 Å². The van der Waals surface area contributed by atoms with Gasteiger partial charge < -0.3 is 9.80 Å². The Bertz CT molecular complexity index is 1230. The first-order valence-electron chi connectivity index (χ1n) is 13.5. The highest BCUT2D eigenvalue weighted by molar-refractivity contribution is 6.36. The minimum atomic E-state index is -4.21. The molecule has 0 radical (unpaired) electrons. The van der Waals surface area contributed by atoms with Gasteiger partial charge in [-0.3, -0.25) is 9.59 Å². The number of carbonyl (C=O) groups is 2. The van der Waals surface area contributed by atoms with E-state index in [4.69, 9.17) is 23.2 Å². The first-order chi connectivity index (χ1) is 18.6. The van der Waals surface area contributed by atoms with Crippen molar-refractivity contribution in [3.05, 3.63) is 69.7 Å². The largest absolute Gasteiger partial charge is 0.391 e. The molecule has 2 heterocycles. The Morgan fingerprint density at radius 1 is 0.897 bits per heavy atom. The van der Waals surface area contributed by atoms with E-state index >= 15 is 0 Å². The van der Waals surface area contributed by atoms with E-state index in [0.29, 0.717) is 22.0 Å². The predicted octanol–water partition coefficient (Wildman–Crippen LogP) is 7.57. The number of benzene rings is 2. The second kappa shape index (κ2) is 11.5. The lowest BCUT2D eigenvalue weighted by atomic mass is 9.94. The van der Waals surface area contributed by atoms with Crippen molar-refractivity contribution in [1.29, 1.82) is 0 Å². The lowest BCUT2D eigenvalue weighted by Crippen LogP contribution is -2.42. The number of likely N-dealkylation sites (tertiary alicyclic amines) is 2. The molecular weight excluding hydrogens is 548 g/mol. The zero-order valence-corrected chi connectivity index (χ0v) is 23.0. The van der Waals surface area contributed by atoms with Gasteiger partial charge in [-0.25, -0.2) is 0 Å². The smallest absolute Gasteiger partial charge is 0.339 e. The SMILES string of the molecule is O=C(c1ccc(-c2cc(Cl)c(CC3CCN(C4CC=CCC4)C3=O)c(Cl)c2)cc1)N1CCC(C(F)(F)F)CC1. The van der Waals surface area contributed by atoms with Crippen molar-refractivity contribution in [1.82, 2.24) is 9.80 Å². The first-order valence-corrected chi connectivity index (χ1v) is 14.3. The second-order valence-corrected chi connectivity index (χ2v) is 11.6. The molecule has 2 aromatic carbocycles. The van der Waals surface area contributed by atoms with Crippen molar-refractivity contribution >= 4 is 35.0 Å². The van der Waals surface area contributed by atoms with Gasteiger partial charge in [-0.05, 0) is 85.9 Å². The fraction of sp³-hybridized carbons (Fsp3) is 0.467. The van der Waals surface area contributed by atoms with E-state index in [1.165, 1.54) is 4.90 Å². The number of hydrogen-bond acceptors (Lipinski definition) is 2. The summed E-state index contributed by atoms with van der Waals surface area (Å²) < 4.78 is 38.8. The van der Waals surface area contributed by atoms with E-state index in [2.05, 4.69) is 12.2 Å². The van der Waals surface area contributed by atoms with Crippen LogP contribution in [0.5, 0.6) is 0 Å². The summed E-state index contributed by atoms with van der Waals surface area (Å²) in [6, 6.07) is 10.9. The van der Waals surface area contributed by atoms with Gasteiger partial charge in [-0.15, -0.1) is 0 Å². The molecule has 2 fully saturated rings. The van der Waals surface area contributed by atoms with Crippen LogP contribution in [0.15, 0.2) is 48.6 Å². The third-order valence-corrected chi connectivity index (χ3v) is 9.01. The number of hydrogen-bond donors (Lipinski definition) is 0. The molecule has 0 bridgehead atoms. The number of piperidine rings is 1. The van der Waals surface area contributed by atoms with E-state index < -0.39 is 12.1 Å². The Balaban J connectivity index is 1.23. The Hall–Kier alpha value is -2.51. The van der Waals surface area contributed by atoms with Crippen LogP contribution in [0, 0.1) is 11.8 Å². The van der Waals surface area contributed by atoms with Crippen molar-refractivity contribution in [2.75, 3.05) is 19.6 Å². The molecule has 2 unspecified atom stereocenters. The van der Waals surface area contributed by atoms with Gasteiger partial charge in [0, 0.05) is 47.2 Å². The molecule has 9 heteroatoms. The molecule has 2 aliphatic heterocycles. The molecule has 1 aliphatic carbocycles. The minimum Gasteiger partial charge on any atom is -0.339 e. The molecule has 0 saturated carbocycles. The summed E-state index contributed by atoms with van der Waals surface area (Å²) >= 11 is 13.3. The normalized spacial score (nSPS) is 22.5. The number of amides is 2. The van der Waals surface area contributed by atoms with Crippen LogP contribution < -0.4 is 0 Å². The van der Waals surface area contributed by atoms with Gasteiger partial charge >= 0.3 is 6.18 Å². The van der Waals surface area contributed by atoms with Crippen LogP contribution in [0.25, 0.3) is 11.1 Å². The van der Waals surface area contributed by atoms with Crippen LogP contribution in [0.4, 0.5) is 13.2 Å². The maximum absolute atomic E-state index is 13.1. The molecule has 3 aliphatic rings. The quantitative estimate of drug-likeness (QED) is 0.343. The highest BCUT2D eigenvalue weighted by atomic mass is 35.5. The molecular formula is C30H31Cl2F3N2O2. The molecule has 0 spiro atoms. The van der Waals surface area contributed by atoms with Crippen molar-refractivity contribution < 1.29 is 22.8 Å². The molecule has 2 saturated heterocycles. The summed E-state index contributed by atoms with van der Waals surface area (Å²) in [5, 5.41) is 0.995. The third kappa shape index (κ3) is 6.14. The number of carbonyl (C=O) groups excluding carboxylic acids is 2. The number of nitrogens with zero attached hydrogens (tertiary/aromatic N) is 2. The summed E-state index contributed by atoms with van der Waals surface area (Å²) in [6.45, 7) is 0.952. The Labute approximate surface area is 236 Å². The Morgan fingerprint density at radius 3 is 2.15 bits per heavy atom. The summed E-state index contributed by atoms with van der Waals surface area (Å²) in [5.41, 5.74) is 2.79. The molecule has 2 atom stereocenters. The number of alkyl halides is 3. The lowest BCUT2D eigenvalue weighted by molar-refractivity contribution is -0.183. The van der Waals surface area contributed by atoms with Gasteiger partial charge in [0.05, 0.1) is 5.92 Å². The van der Waals surface area contributed by atoms with Crippen molar-refractivity contribution in [2.24, 2.45) is 11.8 Å². The lowest BCUT2D eigenvalue weighted by Gasteiger charge is -2.33. The molecule has 208 valence electrons. The Morgan fingerprint density at radius 2 is 1.56 bits per heavy atom. The highest BCUT2D eigenvalue weighted by Gasteiger charge is 2.42. The maximum atomic E-state index is 13.1. The number of rotatable bonds is 5. The molecule has 0 aromatic heterocycles. The zero-order chi connectivity index (χ0) is 27.7. The van der Waals surface area contributed by atoms with Gasteiger partial charge in [0.2, 0.25) is 5.91 Å². The molecule has 0 N–H and O–H groups in total.